The number of rotatable bonds is 8. The lowest BCUT2D eigenvalue weighted by Gasteiger charge is -2.11. The highest BCUT2D eigenvalue weighted by Gasteiger charge is 2.16. The van der Waals surface area contributed by atoms with Gasteiger partial charge >= 0.3 is 17.8 Å². The average Bonchev–Trinajstić information content (AvgIpc) is 2.89. The van der Waals surface area contributed by atoms with Gasteiger partial charge in [-0.3, -0.25) is 9.59 Å². The zero-order valence-electron chi connectivity index (χ0n) is 19.2. The van der Waals surface area contributed by atoms with Crippen molar-refractivity contribution in [3.8, 4) is 23.0 Å². The summed E-state index contributed by atoms with van der Waals surface area (Å²) in [6.07, 6.45) is 1.26. The topological polar surface area (TPSA) is 125 Å². The largest absolute Gasteiger partial charge is 0.497 e. The number of ether oxygens (including phenoxy) is 4. The van der Waals surface area contributed by atoms with Crippen LogP contribution in [0.4, 0.5) is 5.69 Å². The Morgan fingerprint density at radius 3 is 2.14 bits per heavy atom. The van der Waals surface area contributed by atoms with Crippen molar-refractivity contribution in [1.29, 1.82) is 0 Å². The van der Waals surface area contributed by atoms with Gasteiger partial charge in [0.25, 0.3) is 0 Å². The average molecular weight is 477 g/mol. The summed E-state index contributed by atoms with van der Waals surface area (Å²) >= 11 is 0. The molecule has 0 radical (unpaired) electrons. The molecule has 0 bridgehead atoms. The third kappa shape index (κ3) is 6.57. The van der Waals surface area contributed by atoms with E-state index in [1.165, 1.54) is 27.5 Å². The lowest BCUT2D eigenvalue weighted by Crippen LogP contribution is -2.32. The number of hydrogen-bond acceptors (Lipinski definition) is 8. The van der Waals surface area contributed by atoms with Gasteiger partial charge in [0.05, 0.1) is 38.8 Å². The van der Waals surface area contributed by atoms with Crippen LogP contribution < -0.4 is 29.7 Å². The zero-order chi connectivity index (χ0) is 25.2. The Balaban J connectivity index is 1.62. The van der Waals surface area contributed by atoms with Crippen LogP contribution in [0.2, 0.25) is 0 Å². The van der Waals surface area contributed by atoms with Gasteiger partial charge in [0.1, 0.15) is 23.0 Å². The van der Waals surface area contributed by atoms with Crippen molar-refractivity contribution in [2.45, 2.75) is 0 Å². The molecule has 0 saturated heterocycles. The molecule has 3 rings (SSSR count). The van der Waals surface area contributed by atoms with Crippen LogP contribution in [0.15, 0.2) is 71.8 Å². The van der Waals surface area contributed by atoms with Gasteiger partial charge in [-0.15, -0.1) is 0 Å². The van der Waals surface area contributed by atoms with Crippen LogP contribution in [-0.4, -0.2) is 45.3 Å². The number of carbonyl (C=O) groups excluding carboxylic acids is 3. The van der Waals surface area contributed by atoms with Crippen molar-refractivity contribution in [1.82, 2.24) is 5.43 Å². The summed E-state index contributed by atoms with van der Waals surface area (Å²) < 4.78 is 20.8. The van der Waals surface area contributed by atoms with Crippen molar-refractivity contribution in [2.75, 3.05) is 26.6 Å². The Hall–Kier alpha value is -4.86. The molecule has 2 amide bonds. The summed E-state index contributed by atoms with van der Waals surface area (Å²) in [7, 11) is 4.45. The summed E-state index contributed by atoms with van der Waals surface area (Å²) in [5.74, 6) is -0.859. The van der Waals surface area contributed by atoms with Crippen LogP contribution in [0.25, 0.3) is 0 Å². The molecule has 0 heterocycles. The summed E-state index contributed by atoms with van der Waals surface area (Å²) in [5.41, 5.74) is 3.16. The Morgan fingerprint density at radius 1 is 0.771 bits per heavy atom. The van der Waals surface area contributed by atoms with E-state index in [0.29, 0.717) is 28.4 Å². The van der Waals surface area contributed by atoms with E-state index in [-0.39, 0.29) is 11.4 Å². The van der Waals surface area contributed by atoms with Gasteiger partial charge in [-0.25, -0.2) is 10.2 Å². The maximum atomic E-state index is 12.5. The fourth-order valence-electron chi connectivity index (χ4n) is 2.86. The van der Waals surface area contributed by atoms with E-state index >= 15 is 0 Å². The maximum Gasteiger partial charge on any atom is 0.343 e. The number of hydrogen-bond donors (Lipinski definition) is 2. The Kier molecular flexibility index (Phi) is 8.38. The third-order valence-electron chi connectivity index (χ3n) is 4.68. The molecule has 0 spiro atoms. The van der Waals surface area contributed by atoms with Gasteiger partial charge in [-0.2, -0.15) is 5.10 Å². The van der Waals surface area contributed by atoms with Crippen LogP contribution in [0.1, 0.15) is 15.9 Å². The van der Waals surface area contributed by atoms with E-state index < -0.39 is 17.8 Å². The van der Waals surface area contributed by atoms with E-state index in [0.717, 1.165) is 0 Å². The lowest BCUT2D eigenvalue weighted by molar-refractivity contribution is -0.136. The summed E-state index contributed by atoms with van der Waals surface area (Å²) in [6.45, 7) is 0. The number of carbonyl (C=O) groups is 3. The number of amides is 2. The van der Waals surface area contributed by atoms with E-state index in [9.17, 15) is 14.4 Å². The second-order valence-electron chi connectivity index (χ2n) is 6.88. The van der Waals surface area contributed by atoms with Crippen molar-refractivity contribution < 1.29 is 33.3 Å². The van der Waals surface area contributed by atoms with Crippen molar-refractivity contribution in [3.05, 3.63) is 77.9 Å². The van der Waals surface area contributed by atoms with Crippen molar-refractivity contribution in [2.24, 2.45) is 5.10 Å². The van der Waals surface area contributed by atoms with Crippen LogP contribution in [-0.2, 0) is 9.59 Å². The van der Waals surface area contributed by atoms with Gasteiger partial charge < -0.3 is 24.3 Å². The number of benzene rings is 3. The standard InChI is InChI=1S/C25H23N3O7/c1-32-18-10-8-16(9-11-18)25(31)35-21-7-5-4-6-17(21)15-26-28-24(30)23(29)27-20-13-12-19(33-2)14-22(20)34-3/h4-15H,1-3H3,(H,27,29)(H,28,30). The lowest BCUT2D eigenvalue weighted by atomic mass is 10.2. The van der Waals surface area contributed by atoms with Crippen LogP contribution in [0.5, 0.6) is 23.0 Å². The second-order valence-corrected chi connectivity index (χ2v) is 6.88. The molecular weight excluding hydrogens is 454 g/mol. The molecule has 0 aliphatic heterocycles. The fraction of sp³-hybridized carbons (Fsp3) is 0.120. The second kappa shape index (κ2) is 11.8. The number of nitrogens with zero attached hydrogens (tertiary/aromatic N) is 1. The first-order valence-corrected chi connectivity index (χ1v) is 10.3. The first kappa shape index (κ1) is 24.8. The number of para-hydroxylation sites is 1. The predicted molar refractivity (Wildman–Crippen MR) is 128 cm³/mol. The first-order valence-electron chi connectivity index (χ1n) is 10.3. The molecule has 180 valence electrons. The molecule has 0 fully saturated rings. The molecule has 0 aliphatic rings. The highest BCUT2D eigenvalue weighted by atomic mass is 16.5. The predicted octanol–water partition coefficient (Wildman–Crippen LogP) is 3.02. The number of nitrogens with one attached hydrogen (secondary N) is 2. The minimum absolute atomic E-state index is 0.221. The monoisotopic (exact) mass is 477 g/mol. The van der Waals surface area contributed by atoms with Crippen LogP contribution >= 0.6 is 0 Å². The molecule has 0 aromatic heterocycles. The smallest absolute Gasteiger partial charge is 0.343 e. The molecule has 35 heavy (non-hydrogen) atoms. The minimum Gasteiger partial charge on any atom is -0.497 e. The highest BCUT2D eigenvalue weighted by molar-refractivity contribution is 6.39. The van der Waals surface area contributed by atoms with Crippen molar-refractivity contribution >= 4 is 29.7 Å². The Morgan fingerprint density at radius 2 is 1.46 bits per heavy atom. The molecule has 3 aromatic rings. The van der Waals surface area contributed by atoms with Crippen molar-refractivity contribution in [3.63, 3.8) is 0 Å². The molecule has 10 heteroatoms. The molecule has 2 N–H and O–H groups in total. The number of anilines is 1. The van der Waals surface area contributed by atoms with Gasteiger partial charge in [-0.05, 0) is 48.5 Å². The maximum absolute atomic E-state index is 12.5. The van der Waals surface area contributed by atoms with E-state index in [1.54, 1.807) is 66.7 Å². The molecule has 0 saturated carbocycles. The summed E-state index contributed by atoms with van der Waals surface area (Å²) in [4.78, 5) is 36.8. The first-order chi connectivity index (χ1) is 16.9. The highest BCUT2D eigenvalue weighted by Crippen LogP contribution is 2.28. The van der Waals surface area contributed by atoms with Crippen LogP contribution in [0.3, 0.4) is 0 Å². The number of methoxy groups -OCH3 is 3. The van der Waals surface area contributed by atoms with Gasteiger partial charge in [0.15, 0.2) is 0 Å². The van der Waals surface area contributed by atoms with Gasteiger partial charge in [-0.1, -0.05) is 12.1 Å². The third-order valence-corrected chi connectivity index (χ3v) is 4.68. The molecule has 0 unspecified atom stereocenters. The minimum atomic E-state index is -1.01. The summed E-state index contributed by atoms with van der Waals surface area (Å²) in [5, 5.41) is 6.23. The van der Waals surface area contributed by atoms with Crippen LogP contribution in [0, 0.1) is 0 Å². The molecule has 0 atom stereocenters. The normalized spacial score (nSPS) is 10.4. The quantitative estimate of drug-likeness (QED) is 0.168. The molecule has 10 nitrogen and oxygen atoms in total. The Labute approximate surface area is 201 Å². The number of hydrazone groups is 1. The fourth-order valence-corrected chi connectivity index (χ4v) is 2.86. The van der Waals surface area contributed by atoms with E-state index in [1.807, 2.05) is 0 Å². The van der Waals surface area contributed by atoms with E-state index in [2.05, 4.69) is 15.8 Å². The van der Waals surface area contributed by atoms with E-state index in [4.69, 9.17) is 18.9 Å². The molecule has 3 aromatic carbocycles. The molecule has 0 aliphatic carbocycles. The zero-order valence-corrected chi connectivity index (χ0v) is 19.2. The van der Waals surface area contributed by atoms with Gasteiger partial charge in [0, 0.05) is 11.6 Å². The number of esters is 1. The summed E-state index contributed by atoms with van der Waals surface area (Å²) in [6, 6.07) is 17.8. The molecular formula is C25H23N3O7. The van der Waals surface area contributed by atoms with Gasteiger partial charge in [0.2, 0.25) is 0 Å². The SMILES string of the molecule is COc1ccc(C(=O)Oc2ccccc2C=NNC(=O)C(=O)Nc2ccc(OC)cc2OC)cc1. The Bertz CT molecular complexity index is 1240.